The molecule has 0 saturated carbocycles. The molecule has 0 aliphatic heterocycles. The molecule has 0 spiro atoms. The number of methoxy groups -OCH3 is 1. The second kappa shape index (κ2) is 6.65. The van der Waals surface area contributed by atoms with Crippen molar-refractivity contribution >= 4 is 11.0 Å². The van der Waals surface area contributed by atoms with Crippen molar-refractivity contribution in [2.24, 2.45) is 0 Å². The van der Waals surface area contributed by atoms with Crippen molar-refractivity contribution in [1.29, 1.82) is 0 Å². The maximum atomic E-state index is 5.64. The molecule has 1 heterocycles. The molecular weight excluding hydrogens is 236 g/mol. The summed E-state index contributed by atoms with van der Waals surface area (Å²) in [5.41, 5.74) is 3.68. The summed E-state index contributed by atoms with van der Waals surface area (Å²) >= 11 is 0. The fourth-order valence-electron chi connectivity index (χ4n) is 2.61. The fourth-order valence-corrected chi connectivity index (χ4v) is 2.61. The van der Waals surface area contributed by atoms with Crippen LogP contribution in [0.1, 0.15) is 50.7 Å². The molecule has 2 nitrogen and oxygen atoms in total. The first kappa shape index (κ1) is 14.0. The van der Waals surface area contributed by atoms with E-state index < -0.39 is 0 Å². The molecule has 0 aliphatic carbocycles. The minimum Gasteiger partial charge on any atom is -0.493 e. The van der Waals surface area contributed by atoms with Gasteiger partial charge in [0.05, 0.1) is 13.4 Å². The summed E-state index contributed by atoms with van der Waals surface area (Å²) in [6.07, 6.45) is 8.81. The van der Waals surface area contributed by atoms with Gasteiger partial charge in [-0.05, 0) is 43.4 Å². The van der Waals surface area contributed by atoms with E-state index >= 15 is 0 Å². The number of fused-ring (bicyclic) bond motifs is 1. The van der Waals surface area contributed by atoms with Crippen LogP contribution in [-0.2, 0) is 12.8 Å². The zero-order valence-electron chi connectivity index (χ0n) is 12.3. The molecule has 2 heteroatoms. The first-order valence-corrected chi connectivity index (χ1v) is 7.37. The molecule has 104 valence electrons. The molecule has 0 amide bonds. The van der Waals surface area contributed by atoms with Gasteiger partial charge in [0.15, 0.2) is 11.3 Å². The number of hydrogen-bond acceptors (Lipinski definition) is 2. The smallest absolute Gasteiger partial charge is 0.175 e. The van der Waals surface area contributed by atoms with Crippen LogP contribution >= 0.6 is 0 Å². The van der Waals surface area contributed by atoms with E-state index in [1.54, 1.807) is 13.4 Å². The van der Waals surface area contributed by atoms with E-state index in [1.165, 1.54) is 36.8 Å². The summed E-state index contributed by atoms with van der Waals surface area (Å²) < 4.78 is 11.2. The number of hydrogen-bond donors (Lipinski definition) is 0. The van der Waals surface area contributed by atoms with Crippen LogP contribution in [-0.4, -0.2) is 7.11 Å². The SMILES string of the molecule is CCCCc1cc2ccoc2c(OC)c1CCCC. The van der Waals surface area contributed by atoms with Crippen molar-refractivity contribution in [1.82, 2.24) is 0 Å². The zero-order chi connectivity index (χ0) is 13.7. The monoisotopic (exact) mass is 260 g/mol. The Kier molecular flexibility index (Phi) is 4.89. The third-order valence-electron chi connectivity index (χ3n) is 3.68. The van der Waals surface area contributed by atoms with Gasteiger partial charge >= 0.3 is 0 Å². The maximum absolute atomic E-state index is 5.64. The first-order chi connectivity index (χ1) is 9.31. The number of benzene rings is 1. The van der Waals surface area contributed by atoms with Gasteiger partial charge < -0.3 is 9.15 Å². The summed E-state index contributed by atoms with van der Waals surface area (Å²) in [5.74, 6) is 0.946. The number of unbranched alkanes of at least 4 members (excludes halogenated alkanes) is 2. The lowest BCUT2D eigenvalue weighted by Gasteiger charge is -2.14. The Bertz CT molecular complexity index is 525. The van der Waals surface area contributed by atoms with Gasteiger partial charge in [-0.1, -0.05) is 26.7 Å². The molecule has 0 unspecified atom stereocenters. The molecule has 0 saturated heterocycles. The lowest BCUT2D eigenvalue weighted by Crippen LogP contribution is -2.00. The average Bonchev–Trinajstić information content (AvgIpc) is 2.89. The van der Waals surface area contributed by atoms with Gasteiger partial charge in [0.25, 0.3) is 0 Å². The van der Waals surface area contributed by atoms with Gasteiger partial charge in [-0.3, -0.25) is 0 Å². The Labute approximate surface area is 115 Å². The molecule has 0 radical (unpaired) electrons. The highest BCUT2D eigenvalue weighted by Gasteiger charge is 2.15. The van der Waals surface area contributed by atoms with Crippen molar-refractivity contribution in [2.45, 2.75) is 52.4 Å². The van der Waals surface area contributed by atoms with Gasteiger partial charge in [0.1, 0.15) is 0 Å². The molecule has 2 aromatic rings. The number of ether oxygens (including phenoxy) is 1. The lowest BCUT2D eigenvalue weighted by molar-refractivity contribution is 0.404. The first-order valence-electron chi connectivity index (χ1n) is 7.37. The standard InChI is InChI=1S/C17H24O2/c1-4-6-8-13-12-14-10-11-19-16(14)17(18-3)15(13)9-7-5-2/h10-12H,4-9H2,1-3H3. The highest BCUT2D eigenvalue weighted by Crippen LogP contribution is 2.35. The van der Waals surface area contributed by atoms with Crippen molar-refractivity contribution in [3.8, 4) is 5.75 Å². The summed E-state index contributed by atoms with van der Waals surface area (Å²) in [7, 11) is 1.75. The minimum absolute atomic E-state index is 0.897. The molecule has 0 bridgehead atoms. The van der Waals surface area contributed by atoms with E-state index in [2.05, 4.69) is 19.9 Å². The number of aryl methyl sites for hydroxylation is 1. The molecule has 0 N–H and O–H groups in total. The van der Waals surface area contributed by atoms with E-state index in [1.807, 2.05) is 6.07 Å². The Morgan fingerprint density at radius 2 is 1.84 bits per heavy atom. The predicted molar refractivity (Wildman–Crippen MR) is 80.0 cm³/mol. The molecule has 1 aromatic carbocycles. The van der Waals surface area contributed by atoms with Gasteiger partial charge in [-0.15, -0.1) is 0 Å². The van der Waals surface area contributed by atoms with Crippen LogP contribution in [0.5, 0.6) is 5.75 Å². The van der Waals surface area contributed by atoms with Crippen molar-refractivity contribution in [3.63, 3.8) is 0 Å². The molecule has 2 rings (SSSR count). The van der Waals surface area contributed by atoms with Crippen LogP contribution < -0.4 is 4.74 Å². The largest absolute Gasteiger partial charge is 0.493 e. The lowest BCUT2D eigenvalue weighted by atomic mass is 9.95. The molecule has 1 aromatic heterocycles. The van der Waals surface area contributed by atoms with Crippen LogP contribution in [0, 0.1) is 0 Å². The van der Waals surface area contributed by atoms with Crippen LogP contribution in [0.4, 0.5) is 0 Å². The van der Waals surface area contributed by atoms with Crippen LogP contribution in [0.3, 0.4) is 0 Å². The van der Waals surface area contributed by atoms with Gasteiger partial charge in [-0.25, -0.2) is 0 Å². The molecule has 0 atom stereocenters. The zero-order valence-corrected chi connectivity index (χ0v) is 12.3. The van der Waals surface area contributed by atoms with E-state index in [0.29, 0.717) is 0 Å². The summed E-state index contributed by atoms with van der Waals surface area (Å²) in [4.78, 5) is 0. The van der Waals surface area contributed by atoms with Gasteiger partial charge in [0.2, 0.25) is 0 Å². The van der Waals surface area contributed by atoms with Crippen molar-refractivity contribution in [2.75, 3.05) is 7.11 Å². The molecule has 19 heavy (non-hydrogen) atoms. The Morgan fingerprint density at radius 1 is 1.11 bits per heavy atom. The average molecular weight is 260 g/mol. The highest BCUT2D eigenvalue weighted by atomic mass is 16.5. The Balaban J connectivity index is 2.48. The summed E-state index contributed by atoms with van der Waals surface area (Å²) in [6.45, 7) is 4.46. The van der Waals surface area contributed by atoms with Crippen molar-refractivity contribution in [3.05, 3.63) is 29.5 Å². The topological polar surface area (TPSA) is 22.4 Å². The van der Waals surface area contributed by atoms with Crippen LogP contribution in [0.2, 0.25) is 0 Å². The highest BCUT2D eigenvalue weighted by molar-refractivity contribution is 5.85. The molecular formula is C17H24O2. The van der Waals surface area contributed by atoms with Gasteiger partial charge in [-0.2, -0.15) is 0 Å². The van der Waals surface area contributed by atoms with Crippen LogP contribution in [0.15, 0.2) is 22.8 Å². The predicted octanol–water partition coefficient (Wildman–Crippen LogP) is 5.13. The Hall–Kier alpha value is -1.44. The van der Waals surface area contributed by atoms with Gasteiger partial charge in [0, 0.05) is 10.9 Å². The molecule has 0 fully saturated rings. The quantitative estimate of drug-likeness (QED) is 0.689. The van der Waals surface area contributed by atoms with E-state index in [-0.39, 0.29) is 0 Å². The molecule has 0 aliphatic rings. The van der Waals surface area contributed by atoms with E-state index in [9.17, 15) is 0 Å². The number of rotatable bonds is 7. The summed E-state index contributed by atoms with van der Waals surface area (Å²) in [6, 6.07) is 4.30. The van der Waals surface area contributed by atoms with E-state index in [4.69, 9.17) is 9.15 Å². The summed E-state index contributed by atoms with van der Waals surface area (Å²) in [5, 5.41) is 1.16. The number of furan rings is 1. The van der Waals surface area contributed by atoms with Crippen LogP contribution in [0.25, 0.3) is 11.0 Å². The second-order valence-corrected chi connectivity index (χ2v) is 5.09. The minimum atomic E-state index is 0.897. The third-order valence-corrected chi connectivity index (χ3v) is 3.68. The van der Waals surface area contributed by atoms with Crippen molar-refractivity contribution < 1.29 is 9.15 Å². The maximum Gasteiger partial charge on any atom is 0.175 e. The second-order valence-electron chi connectivity index (χ2n) is 5.09. The normalized spacial score (nSPS) is 11.1. The third kappa shape index (κ3) is 2.94. The van der Waals surface area contributed by atoms with E-state index in [0.717, 1.165) is 29.6 Å². The Morgan fingerprint density at radius 3 is 2.53 bits per heavy atom. The fraction of sp³-hybridized carbons (Fsp3) is 0.529.